The Morgan fingerprint density at radius 1 is 1.22 bits per heavy atom. The number of rotatable bonds is 5. The van der Waals surface area contributed by atoms with Crippen LogP contribution in [0.4, 0.5) is 0 Å². The van der Waals surface area contributed by atoms with Gasteiger partial charge in [0.05, 0.1) is 0 Å². The molecule has 0 aromatic rings. The van der Waals surface area contributed by atoms with Crippen molar-refractivity contribution >= 4 is 23.4 Å². The molecule has 1 saturated heterocycles. The quantitative estimate of drug-likeness (QED) is 0.566. The summed E-state index contributed by atoms with van der Waals surface area (Å²) >= 11 is 5.59. The normalized spacial score (nSPS) is 16.7. The van der Waals surface area contributed by atoms with Crippen LogP contribution in [0.3, 0.4) is 0 Å². The van der Waals surface area contributed by atoms with Crippen LogP contribution in [0.2, 0.25) is 0 Å². The van der Waals surface area contributed by atoms with Gasteiger partial charge in [-0.2, -0.15) is 0 Å². The lowest BCUT2D eigenvalue weighted by atomic mass is 9.95. The second-order valence-electron chi connectivity index (χ2n) is 5.03. The van der Waals surface area contributed by atoms with Crippen molar-refractivity contribution in [3.63, 3.8) is 0 Å². The predicted molar refractivity (Wildman–Crippen MR) is 72.6 cm³/mol. The van der Waals surface area contributed by atoms with Crippen LogP contribution in [0, 0.1) is 5.92 Å². The Morgan fingerprint density at radius 2 is 1.83 bits per heavy atom. The lowest BCUT2D eigenvalue weighted by Crippen LogP contribution is -2.42. The van der Waals surface area contributed by atoms with Crippen LogP contribution in [0.25, 0.3) is 0 Å². The van der Waals surface area contributed by atoms with Crippen LogP contribution in [0.15, 0.2) is 0 Å². The number of hydrogen-bond donors (Lipinski definition) is 0. The van der Waals surface area contributed by atoms with E-state index in [1.54, 1.807) is 19.0 Å². The third kappa shape index (κ3) is 4.48. The van der Waals surface area contributed by atoms with Gasteiger partial charge in [0.25, 0.3) is 0 Å². The number of amides is 2. The zero-order valence-corrected chi connectivity index (χ0v) is 12.1. The van der Waals surface area contributed by atoms with Crippen LogP contribution in [0.5, 0.6) is 0 Å². The summed E-state index contributed by atoms with van der Waals surface area (Å²) in [6.07, 6.45) is 3.91. The summed E-state index contributed by atoms with van der Waals surface area (Å²) in [5, 5.41) is 0. The molecule has 4 nitrogen and oxygen atoms in total. The molecule has 0 spiro atoms. The highest BCUT2D eigenvalue weighted by Gasteiger charge is 2.27. The molecule has 1 heterocycles. The van der Waals surface area contributed by atoms with E-state index in [1.165, 1.54) is 0 Å². The molecule has 1 rings (SSSR count). The van der Waals surface area contributed by atoms with E-state index in [9.17, 15) is 9.59 Å². The maximum atomic E-state index is 11.9. The molecule has 1 fully saturated rings. The first-order valence-electron chi connectivity index (χ1n) is 6.61. The Hall–Kier alpha value is -0.770. The summed E-state index contributed by atoms with van der Waals surface area (Å²) in [5.41, 5.74) is 0. The van der Waals surface area contributed by atoms with Gasteiger partial charge >= 0.3 is 0 Å². The van der Waals surface area contributed by atoms with Crippen LogP contribution >= 0.6 is 11.6 Å². The van der Waals surface area contributed by atoms with Gasteiger partial charge in [-0.3, -0.25) is 9.59 Å². The first-order valence-corrected chi connectivity index (χ1v) is 7.14. The molecule has 1 aliphatic heterocycles. The number of unbranched alkanes of at least 4 members (excludes halogenated alkanes) is 1. The summed E-state index contributed by atoms with van der Waals surface area (Å²) in [6.45, 7) is 1.42. The maximum absolute atomic E-state index is 11.9. The Kier molecular flexibility index (Phi) is 6.47. The molecule has 0 saturated carbocycles. The highest BCUT2D eigenvalue weighted by molar-refractivity contribution is 6.17. The third-order valence-electron chi connectivity index (χ3n) is 3.41. The smallest absolute Gasteiger partial charge is 0.225 e. The minimum Gasteiger partial charge on any atom is -0.349 e. The Bertz CT molecular complexity index is 287. The number of nitrogens with zero attached hydrogens (tertiary/aromatic N) is 2. The summed E-state index contributed by atoms with van der Waals surface area (Å²) in [6, 6.07) is 0. The monoisotopic (exact) mass is 274 g/mol. The number of carbonyl (C=O) groups is 2. The molecule has 2 amide bonds. The number of halogens is 1. The van der Waals surface area contributed by atoms with E-state index in [2.05, 4.69) is 0 Å². The van der Waals surface area contributed by atoms with Gasteiger partial charge in [-0.15, -0.1) is 11.6 Å². The first kappa shape index (κ1) is 15.3. The number of likely N-dealkylation sites (tertiary alicyclic amines) is 1. The highest BCUT2D eigenvalue weighted by Crippen LogP contribution is 2.19. The standard InChI is InChI=1S/C13H23ClN2O2/c1-15(2)13(18)11-6-9-16(10-7-11)12(17)5-3-4-8-14/h11H,3-10H2,1-2H3. The van der Waals surface area contributed by atoms with Crippen molar-refractivity contribution in [3.8, 4) is 0 Å². The van der Waals surface area contributed by atoms with Crippen LogP contribution in [-0.4, -0.2) is 54.7 Å². The van der Waals surface area contributed by atoms with Gasteiger partial charge in [-0.05, 0) is 25.7 Å². The van der Waals surface area contributed by atoms with E-state index < -0.39 is 0 Å². The molecule has 0 aliphatic carbocycles. The maximum Gasteiger partial charge on any atom is 0.225 e. The lowest BCUT2D eigenvalue weighted by Gasteiger charge is -2.32. The van der Waals surface area contributed by atoms with Gasteiger partial charge in [0.1, 0.15) is 0 Å². The SMILES string of the molecule is CN(C)C(=O)C1CCN(C(=O)CCCCCl)CC1. The summed E-state index contributed by atoms with van der Waals surface area (Å²) < 4.78 is 0. The lowest BCUT2D eigenvalue weighted by molar-refractivity contribution is -0.139. The third-order valence-corrected chi connectivity index (χ3v) is 3.68. The molecule has 5 heteroatoms. The highest BCUT2D eigenvalue weighted by atomic mass is 35.5. The van der Waals surface area contributed by atoms with Crippen LogP contribution in [-0.2, 0) is 9.59 Å². The second-order valence-corrected chi connectivity index (χ2v) is 5.41. The molecule has 0 unspecified atom stereocenters. The largest absolute Gasteiger partial charge is 0.349 e. The molecule has 18 heavy (non-hydrogen) atoms. The average molecular weight is 275 g/mol. The van der Waals surface area contributed by atoms with Crippen molar-refractivity contribution in [2.75, 3.05) is 33.1 Å². The van der Waals surface area contributed by atoms with E-state index in [4.69, 9.17) is 11.6 Å². The van der Waals surface area contributed by atoms with Gasteiger partial charge in [0.2, 0.25) is 11.8 Å². The summed E-state index contributed by atoms with van der Waals surface area (Å²) in [5.74, 6) is 1.10. The minimum atomic E-state index is 0.0897. The van der Waals surface area contributed by atoms with Gasteiger partial charge < -0.3 is 9.80 Å². The van der Waals surface area contributed by atoms with E-state index in [0.717, 1.165) is 25.7 Å². The number of carbonyl (C=O) groups excluding carboxylic acids is 2. The van der Waals surface area contributed by atoms with Crippen molar-refractivity contribution in [2.45, 2.75) is 32.1 Å². The fourth-order valence-electron chi connectivity index (χ4n) is 2.27. The number of hydrogen-bond acceptors (Lipinski definition) is 2. The summed E-state index contributed by atoms with van der Waals surface area (Å²) in [4.78, 5) is 27.2. The van der Waals surface area contributed by atoms with Crippen molar-refractivity contribution < 1.29 is 9.59 Å². The van der Waals surface area contributed by atoms with E-state index >= 15 is 0 Å². The van der Waals surface area contributed by atoms with Gasteiger partial charge in [-0.1, -0.05) is 0 Å². The fraction of sp³-hybridized carbons (Fsp3) is 0.846. The Labute approximate surface area is 114 Å². The van der Waals surface area contributed by atoms with E-state index in [0.29, 0.717) is 25.4 Å². The fourth-order valence-corrected chi connectivity index (χ4v) is 2.46. The van der Waals surface area contributed by atoms with Gasteiger partial charge in [0, 0.05) is 45.4 Å². The van der Waals surface area contributed by atoms with Crippen molar-refractivity contribution in [1.29, 1.82) is 0 Å². The average Bonchev–Trinajstić information content (AvgIpc) is 2.38. The van der Waals surface area contributed by atoms with Crippen molar-refractivity contribution in [3.05, 3.63) is 0 Å². The molecule has 1 aliphatic rings. The molecule has 0 bridgehead atoms. The topological polar surface area (TPSA) is 40.6 Å². The molecule has 0 aromatic carbocycles. The Morgan fingerprint density at radius 3 is 2.33 bits per heavy atom. The molecule has 0 aromatic heterocycles. The molecular formula is C13H23ClN2O2. The van der Waals surface area contributed by atoms with Gasteiger partial charge in [-0.25, -0.2) is 0 Å². The van der Waals surface area contributed by atoms with Crippen molar-refractivity contribution in [2.24, 2.45) is 5.92 Å². The number of piperidine rings is 1. The van der Waals surface area contributed by atoms with Crippen molar-refractivity contribution in [1.82, 2.24) is 9.80 Å². The van der Waals surface area contributed by atoms with Crippen LogP contribution < -0.4 is 0 Å². The zero-order chi connectivity index (χ0) is 13.5. The zero-order valence-electron chi connectivity index (χ0n) is 11.3. The first-order chi connectivity index (χ1) is 8.56. The number of alkyl halides is 1. The molecule has 104 valence electrons. The Balaban J connectivity index is 2.30. The minimum absolute atomic E-state index is 0.0897. The molecule has 0 N–H and O–H groups in total. The van der Waals surface area contributed by atoms with Gasteiger partial charge in [0.15, 0.2) is 0 Å². The van der Waals surface area contributed by atoms with Crippen LogP contribution in [0.1, 0.15) is 32.1 Å². The molecule has 0 atom stereocenters. The molecular weight excluding hydrogens is 252 g/mol. The van der Waals surface area contributed by atoms with E-state index in [1.807, 2.05) is 4.90 Å². The summed E-state index contributed by atoms with van der Waals surface area (Å²) in [7, 11) is 3.57. The molecule has 0 radical (unpaired) electrons. The second kappa shape index (κ2) is 7.62. The predicted octanol–water partition coefficient (Wildman–Crippen LogP) is 1.72. The van der Waals surface area contributed by atoms with E-state index in [-0.39, 0.29) is 17.7 Å².